The maximum absolute atomic E-state index is 12.0. The molecule has 0 spiro atoms. The Labute approximate surface area is 129 Å². The molecule has 22 heavy (non-hydrogen) atoms. The van der Waals surface area contributed by atoms with E-state index >= 15 is 0 Å². The number of rotatable bonds is 6. The predicted octanol–water partition coefficient (Wildman–Crippen LogP) is -0.120. The number of primary amides is 1. The van der Waals surface area contributed by atoms with E-state index in [9.17, 15) is 9.59 Å². The number of nitrogens with one attached hydrogen (secondary N) is 1. The third-order valence-corrected chi connectivity index (χ3v) is 3.70. The predicted molar refractivity (Wildman–Crippen MR) is 80.6 cm³/mol. The fraction of sp³-hybridized carbons (Fsp3) is 0.467. The highest BCUT2D eigenvalue weighted by molar-refractivity contribution is 5.88. The molecule has 0 saturated carbocycles. The molecule has 3 N–H and O–H groups in total. The van der Waals surface area contributed by atoms with Crippen LogP contribution in [0.25, 0.3) is 0 Å². The molecule has 7 nitrogen and oxygen atoms in total. The van der Waals surface area contributed by atoms with Crippen LogP contribution in [0, 0.1) is 0 Å². The van der Waals surface area contributed by atoms with Gasteiger partial charge >= 0.3 is 0 Å². The number of hydrogen-bond donors (Lipinski definition) is 2. The van der Waals surface area contributed by atoms with Crippen LogP contribution in [-0.4, -0.2) is 50.1 Å². The fourth-order valence-corrected chi connectivity index (χ4v) is 2.57. The van der Waals surface area contributed by atoms with Crippen LogP contribution in [-0.2, 0) is 16.1 Å². The molecule has 1 aliphatic rings. The van der Waals surface area contributed by atoms with Crippen LogP contribution in [0.2, 0.25) is 0 Å². The summed E-state index contributed by atoms with van der Waals surface area (Å²) in [7, 11) is 3.17. The molecule has 1 aromatic rings. The van der Waals surface area contributed by atoms with Crippen molar-refractivity contribution < 1.29 is 19.1 Å². The Morgan fingerprint density at radius 2 is 2.18 bits per heavy atom. The van der Waals surface area contributed by atoms with Gasteiger partial charge in [-0.25, -0.2) is 0 Å². The van der Waals surface area contributed by atoms with Gasteiger partial charge in [0, 0.05) is 31.3 Å². The molecule has 1 aliphatic heterocycles. The van der Waals surface area contributed by atoms with Gasteiger partial charge in [-0.1, -0.05) is 6.07 Å². The Bertz CT molecular complexity index is 562. The lowest BCUT2D eigenvalue weighted by atomic mass is 10.1. The van der Waals surface area contributed by atoms with E-state index < -0.39 is 11.9 Å². The van der Waals surface area contributed by atoms with E-state index in [2.05, 4.69) is 5.32 Å². The standard InChI is InChI=1S/C15H21N3O4/c1-21-11-4-3-10(13(7-11)22-2)9-18-6-5-17-15(20)12(18)8-14(16)19/h3-4,7,12H,5-6,8-9H2,1-2H3,(H2,16,19)(H,17,20). The topological polar surface area (TPSA) is 93.9 Å². The number of nitrogens with zero attached hydrogens (tertiary/aromatic N) is 1. The normalized spacial score (nSPS) is 18.6. The van der Waals surface area contributed by atoms with Crippen LogP contribution >= 0.6 is 0 Å². The summed E-state index contributed by atoms with van der Waals surface area (Å²) in [5, 5.41) is 2.76. The molecule has 2 amide bonds. The number of amides is 2. The van der Waals surface area contributed by atoms with E-state index in [0.717, 1.165) is 5.56 Å². The van der Waals surface area contributed by atoms with Crippen LogP contribution in [0.3, 0.4) is 0 Å². The van der Waals surface area contributed by atoms with Gasteiger partial charge in [-0.2, -0.15) is 0 Å². The zero-order valence-electron chi connectivity index (χ0n) is 12.8. The van der Waals surface area contributed by atoms with E-state index in [1.165, 1.54) is 0 Å². The highest BCUT2D eigenvalue weighted by Gasteiger charge is 2.31. The van der Waals surface area contributed by atoms with Crippen LogP contribution in [0.15, 0.2) is 18.2 Å². The van der Waals surface area contributed by atoms with Gasteiger partial charge in [0.15, 0.2) is 0 Å². The molecule has 0 bridgehead atoms. The van der Waals surface area contributed by atoms with E-state index in [1.54, 1.807) is 20.3 Å². The van der Waals surface area contributed by atoms with Gasteiger partial charge in [0.1, 0.15) is 11.5 Å². The maximum Gasteiger partial charge on any atom is 0.237 e. The summed E-state index contributed by atoms with van der Waals surface area (Å²) in [5.41, 5.74) is 6.17. The average Bonchev–Trinajstić information content (AvgIpc) is 2.50. The van der Waals surface area contributed by atoms with Crippen molar-refractivity contribution in [2.75, 3.05) is 27.3 Å². The summed E-state index contributed by atoms with van der Waals surface area (Å²) in [5.74, 6) is 0.722. The first-order chi connectivity index (χ1) is 10.5. The average molecular weight is 307 g/mol. The second-order valence-corrected chi connectivity index (χ2v) is 5.13. The van der Waals surface area contributed by atoms with E-state index in [4.69, 9.17) is 15.2 Å². The molecule has 1 heterocycles. The van der Waals surface area contributed by atoms with E-state index in [1.807, 2.05) is 17.0 Å². The molecule has 120 valence electrons. The molecule has 7 heteroatoms. The van der Waals surface area contributed by atoms with Crippen molar-refractivity contribution in [2.45, 2.75) is 19.0 Å². The number of carbonyl (C=O) groups excluding carboxylic acids is 2. The summed E-state index contributed by atoms with van der Waals surface area (Å²) in [6.07, 6.45) is 0.00427. The van der Waals surface area contributed by atoms with Crippen molar-refractivity contribution in [2.24, 2.45) is 5.73 Å². The van der Waals surface area contributed by atoms with Crippen molar-refractivity contribution in [3.05, 3.63) is 23.8 Å². The fourth-order valence-electron chi connectivity index (χ4n) is 2.57. The van der Waals surface area contributed by atoms with Gasteiger partial charge in [-0.05, 0) is 6.07 Å². The maximum atomic E-state index is 12.0. The van der Waals surface area contributed by atoms with Crippen LogP contribution in [0.5, 0.6) is 11.5 Å². The Hall–Kier alpha value is -2.28. The monoisotopic (exact) mass is 307 g/mol. The third kappa shape index (κ3) is 3.67. The minimum Gasteiger partial charge on any atom is -0.497 e. The number of hydrogen-bond acceptors (Lipinski definition) is 5. The molecule has 0 radical (unpaired) electrons. The van der Waals surface area contributed by atoms with Gasteiger partial charge in [0.25, 0.3) is 0 Å². The number of benzene rings is 1. The first-order valence-electron chi connectivity index (χ1n) is 7.06. The zero-order valence-corrected chi connectivity index (χ0v) is 12.8. The van der Waals surface area contributed by atoms with Gasteiger partial charge in [0.05, 0.1) is 26.7 Å². The first-order valence-corrected chi connectivity index (χ1v) is 7.06. The van der Waals surface area contributed by atoms with Gasteiger partial charge in [0.2, 0.25) is 11.8 Å². The van der Waals surface area contributed by atoms with Gasteiger partial charge in [-0.3, -0.25) is 14.5 Å². The molecule has 0 aromatic heterocycles. The molecule has 1 fully saturated rings. The Kier molecular flexibility index (Phi) is 5.21. The van der Waals surface area contributed by atoms with Crippen molar-refractivity contribution in [1.82, 2.24) is 10.2 Å². The summed E-state index contributed by atoms with van der Waals surface area (Å²) >= 11 is 0. The van der Waals surface area contributed by atoms with E-state index in [-0.39, 0.29) is 12.3 Å². The highest BCUT2D eigenvalue weighted by atomic mass is 16.5. The van der Waals surface area contributed by atoms with Crippen molar-refractivity contribution in [1.29, 1.82) is 0 Å². The quantitative estimate of drug-likeness (QED) is 0.764. The molecule has 1 saturated heterocycles. The smallest absolute Gasteiger partial charge is 0.237 e. The second kappa shape index (κ2) is 7.13. The lowest BCUT2D eigenvalue weighted by molar-refractivity contribution is -0.133. The Balaban J connectivity index is 2.19. The van der Waals surface area contributed by atoms with Gasteiger partial charge < -0.3 is 20.5 Å². The molecule has 1 aromatic carbocycles. The molecular weight excluding hydrogens is 286 g/mol. The molecular formula is C15H21N3O4. The van der Waals surface area contributed by atoms with Crippen LogP contribution < -0.4 is 20.5 Å². The number of nitrogens with two attached hydrogens (primary N) is 1. The summed E-state index contributed by atoms with van der Waals surface area (Å²) < 4.78 is 10.5. The lowest BCUT2D eigenvalue weighted by Gasteiger charge is -2.34. The Morgan fingerprint density at radius 1 is 1.41 bits per heavy atom. The highest BCUT2D eigenvalue weighted by Crippen LogP contribution is 2.26. The summed E-state index contributed by atoms with van der Waals surface area (Å²) in [6.45, 7) is 1.70. The number of piperazine rings is 1. The van der Waals surface area contributed by atoms with E-state index in [0.29, 0.717) is 31.1 Å². The summed E-state index contributed by atoms with van der Waals surface area (Å²) in [4.78, 5) is 25.1. The molecule has 1 atom stereocenters. The van der Waals surface area contributed by atoms with Gasteiger partial charge in [-0.15, -0.1) is 0 Å². The number of methoxy groups -OCH3 is 2. The molecule has 0 aliphatic carbocycles. The lowest BCUT2D eigenvalue weighted by Crippen LogP contribution is -2.55. The third-order valence-electron chi connectivity index (χ3n) is 3.70. The number of ether oxygens (including phenoxy) is 2. The zero-order chi connectivity index (χ0) is 16.1. The Morgan fingerprint density at radius 3 is 2.82 bits per heavy atom. The second-order valence-electron chi connectivity index (χ2n) is 5.13. The largest absolute Gasteiger partial charge is 0.497 e. The number of carbonyl (C=O) groups is 2. The van der Waals surface area contributed by atoms with Crippen molar-refractivity contribution in [3.8, 4) is 11.5 Å². The van der Waals surface area contributed by atoms with Crippen LogP contribution in [0.4, 0.5) is 0 Å². The van der Waals surface area contributed by atoms with Crippen molar-refractivity contribution >= 4 is 11.8 Å². The molecule has 1 unspecified atom stereocenters. The van der Waals surface area contributed by atoms with Crippen molar-refractivity contribution in [3.63, 3.8) is 0 Å². The summed E-state index contributed by atoms with van der Waals surface area (Å²) in [6, 6.07) is 4.98. The first kappa shape index (κ1) is 16.1. The SMILES string of the molecule is COc1ccc(CN2CCNC(=O)C2CC(N)=O)c(OC)c1. The molecule has 2 rings (SSSR count). The van der Waals surface area contributed by atoms with Crippen LogP contribution in [0.1, 0.15) is 12.0 Å². The minimum atomic E-state index is -0.543. The minimum absolute atomic E-state index is 0.00427.